The van der Waals surface area contributed by atoms with Crippen LogP contribution in [0.4, 0.5) is 13.2 Å². The number of H-pyrrole nitrogens is 1. The highest BCUT2D eigenvalue weighted by molar-refractivity contribution is 9.10. The van der Waals surface area contributed by atoms with E-state index in [1.54, 1.807) is 20.8 Å². The lowest BCUT2D eigenvalue weighted by atomic mass is 10.1. The quantitative estimate of drug-likeness (QED) is 0.613. The number of alkyl halides is 3. The smallest absolute Gasteiger partial charge is 0.416 e. The van der Waals surface area contributed by atoms with Crippen molar-refractivity contribution in [1.82, 2.24) is 14.7 Å². The Balaban J connectivity index is 2.26. The van der Waals surface area contributed by atoms with Crippen molar-refractivity contribution in [2.75, 3.05) is 6.61 Å². The number of ether oxygens (including phenoxy) is 1. The number of rotatable bonds is 6. The molecular formula is C17H19BrF3N3O3S. The van der Waals surface area contributed by atoms with Crippen molar-refractivity contribution in [3.05, 3.63) is 56.5 Å². The molecule has 0 aliphatic rings. The van der Waals surface area contributed by atoms with E-state index in [2.05, 4.69) is 30.6 Å². The first-order valence-electron chi connectivity index (χ1n) is 8.11. The van der Waals surface area contributed by atoms with Gasteiger partial charge in [0, 0.05) is 11.4 Å². The fourth-order valence-corrected chi connectivity index (χ4v) is 3.19. The molecule has 0 bridgehead atoms. The Morgan fingerprint density at radius 1 is 1.29 bits per heavy atom. The summed E-state index contributed by atoms with van der Waals surface area (Å²) >= 11 is 1.55. The first kappa shape index (κ1) is 22.7. The van der Waals surface area contributed by atoms with Crippen LogP contribution < -0.4 is 15.0 Å². The fourth-order valence-electron chi connectivity index (χ4n) is 2.04. The van der Waals surface area contributed by atoms with E-state index in [9.17, 15) is 22.5 Å². The molecule has 2 rings (SSSR count). The third-order valence-electron chi connectivity index (χ3n) is 3.60. The lowest BCUT2D eigenvalue weighted by Gasteiger charge is -2.28. The standard InChI is InChI=1S/C17H19BrF3N3O3S/c1-16(2,3)28(26)24-12(8-27-15-13(18)14(25)22-9-23-15)10-4-6-11(7-5-10)17(19,20)21/h4-7,9,12,24H,8H2,1-3H3,(H,22,23,25)/t12-,28?/m1/s1. The van der Waals surface area contributed by atoms with Gasteiger partial charge in [0.05, 0.1) is 11.9 Å². The fraction of sp³-hybridized carbons (Fsp3) is 0.412. The Bertz CT molecular complexity index is 854. The summed E-state index contributed by atoms with van der Waals surface area (Å²) in [6.45, 7) is 5.17. The zero-order chi connectivity index (χ0) is 21.1. The zero-order valence-corrected chi connectivity index (χ0v) is 17.7. The van der Waals surface area contributed by atoms with Crippen LogP contribution in [0.5, 0.6) is 5.88 Å². The van der Waals surface area contributed by atoms with E-state index in [1.165, 1.54) is 12.1 Å². The van der Waals surface area contributed by atoms with Crippen LogP contribution in [0.2, 0.25) is 0 Å². The predicted octanol–water partition coefficient (Wildman–Crippen LogP) is 3.72. The highest BCUT2D eigenvalue weighted by Gasteiger charge is 2.32. The molecule has 0 aliphatic carbocycles. The van der Waals surface area contributed by atoms with Crippen LogP contribution in [0.15, 0.2) is 39.9 Å². The number of nitrogens with zero attached hydrogens (tertiary/aromatic N) is 1. The van der Waals surface area contributed by atoms with Crippen molar-refractivity contribution in [2.45, 2.75) is 37.7 Å². The number of benzene rings is 1. The monoisotopic (exact) mass is 481 g/mol. The van der Waals surface area contributed by atoms with Gasteiger partial charge in [0.25, 0.3) is 5.56 Å². The minimum Gasteiger partial charge on any atom is -0.598 e. The second-order valence-electron chi connectivity index (χ2n) is 6.83. The van der Waals surface area contributed by atoms with Gasteiger partial charge < -0.3 is 14.3 Å². The molecule has 28 heavy (non-hydrogen) atoms. The summed E-state index contributed by atoms with van der Waals surface area (Å²) in [6.07, 6.45) is -3.29. The molecule has 1 aromatic heterocycles. The molecule has 1 heterocycles. The van der Waals surface area contributed by atoms with Crippen LogP contribution in [-0.4, -0.2) is 25.9 Å². The Hall–Kier alpha value is -1.56. The summed E-state index contributed by atoms with van der Waals surface area (Å²) in [7, 11) is 0. The van der Waals surface area contributed by atoms with Gasteiger partial charge in [-0.1, -0.05) is 12.1 Å². The Morgan fingerprint density at radius 3 is 2.43 bits per heavy atom. The summed E-state index contributed by atoms with van der Waals surface area (Å²) in [6, 6.07) is 3.79. The van der Waals surface area contributed by atoms with Crippen LogP contribution in [0.1, 0.15) is 37.9 Å². The number of halogens is 4. The molecule has 1 unspecified atom stereocenters. The Labute approximate surface area is 171 Å². The van der Waals surface area contributed by atoms with Crippen molar-refractivity contribution in [2.24, 2.45) is 0 Å². The molecule has 6 nitrogen and oxygen atoms in total. The van der Waals surface area contributed by atoms with Crippen LogP contribution in [0.3, 0.4) is 0 Å². The summed E-state index contributed by atoms with van der Waals surface area (Å²) in [5, 5.41) is 0. The molecule has 2 atom stereocenters. The SMILES string of the molecule is CC(C)(C)[S+]([O-])N[C@H](COc1nc[nH]c(=O)c1Br)c1ccc(C(F)(F)F)cc1. The average molecular weight is 482 g/mol. The van der Waals surface area contributed by atoms with Crippen molar-refractivity contribution in [3.63, 3.8) is 0 Å². The molecule has 154 valence electrons. The minimum absolute atomic E-state index is 0.0176. The van der Waals surface area contributed by atoms with E-state index < -0.39 is 39.4 Å². The van der Waals surface area contributed by atoms with Gasteiger partial charge in [0.15, 0.2) is 0 Å². The summed E-state index contributed by atoms with van der Waals surface area (Å²) in [5.41, 5.74) is -0.777. The van der Waals surface area contributed by atoms with Gasteiger partial charge >= 0.3 is 6.18 Å². The van der Waals surface area contributed by atoms with Gasteiger partial charge in [0.1, 0.15) is 21.9 Å². The predicted molar refractivity (Wildman–Crippen MR) is 103 cm³/mol. The summed E-state index contributed by atoms with van der Waals surface area (Å²) in [4.78, 5) is 17.9. The van der Waals surface area contributed by atoms with Crippen molar-refractivity contribution < 1.29 is 22.5 Å². The third kappa shape index (κ3) is 5.97. The number of hydrogen-bond acceptors (Lipinski definition) is 5. The molecule has 0 saturated heterocycles. The highest BCUT2D eigenvalue weighted by atomic mass is 79.9. The van der Waals surface area contributed by atoms with E-state index in [-0.39, 0.29) is 17.0 Å². The maximum Gasteiger partial charge on any atom is 0.416 e. The maximum atomic E-state index is 12.8. The molecule has 11 heteroatoms. The summed E-state index contributed by atoms with van der Waals surface area (Å²) in [5.74, 6) is 0.0176. The van der Waals surface area contributed by atoms with E-state index in [4.69, 9.17) is 4.74 Å². The zero-order valence-electron chi connectivity index (χ0n) is 15.3. The lowest BCUT2D eigenvalue weighted by Crippen LogP contribution is -2.43. The van der Waals surface area contributed by atoms with Gasteiger partial charge in [-0.2, -0.15) is 13.2 Å². The van der Waals surface area contributed by atoms with Crippen LogP contribution >= 0.6 is 15.9 Å². The summed E-state index contributed by atoms with van der Waals surface area (Å²) < 4.78 is 58.8. The van der Waals surface area contributed by atoms with Crippen molar-refractivity contribution in [1.29, 1.82) is 0 Å². The number of aromatic amines is 1. The molecule has 2 N–H and O–H groups in total. The second-order valence-corrected chi connectivity index (χ2v) is 9.62. The number of hydrogen-bond donors (Lipinski definition) is 2. The molecule has 0 aliphatic heterocycles. The molecule has 0 spiro atoms. The molecule has 0 saturated carbocycles. The van der Waals surface area contributed by atoms with Crippen LogP contribution in [0, 0.1) is 0 Å². The van der Waals surface area contributed by atoms with E-state index >= 15 is 0 Å². The third-order valence-corrected chi connectivity index (χ3v) is 5.91. The van der Waals surface area contributed by atoms with Crippen molar-refractivity contribution in [3.8, 4) is 5.88 Å². The van der Waals surface area contributed by atoms with E-state index in [0.717, 1.165) is 18.5 Å². The van der Waals surface area contributed by atoms with Gasteiger partial charge in [-0.3, -0.25) is 4.79 Å². The topological polar surface area (TPSA) is 90.1 Å². The van der Waals surface area contributed by atoms with E-state index in [1.807, 2.05) is 0 Å². The Morgan fingerprint density at radius 2 is 1.89 bits per heavy atom. The first-order chi connectivity index (χ1) is 12.9. The molecule has 0 fully saturated rings. The first-order valence-corrected chi connectivity index (χ1v) is 10.0. The van der Waals surface area contributed by atoms with Gasteiger partial charge in [-0.05, 0) is 54.4 Å². The van der Waals surface area contributed by atoms with Crippen LogP contribution in [0.25, 0.3) is 0 Å². The lowest BCUT2D eigenvalue weighted by molar-refractivity contribution is -0.137. The maximum absolute atomic E-state index is 12.8. The van der Waals surface area contributed by atoms with Crippen molar-refractivity contribution >= 4 is 27.3 Å². The highest BCUT2D eigenvalue weighted by Crippen LogP contribution is 2.30. The van der Waals surface area contributed by atoms with Gasteiger partial charge in [-0.15, -0.1) is 4.72 Å². The average Bonchev–Trinajstić information content (AvgIpc) is 2.60. The molecule has 2 aromatic rings. The molecule has 0 radical (unpaired) electrons. The molecule has 1 aromatic carbocycles. The van der Waals surface area contributed by atoms with E-state index in [0.29, 0.717) is 5.56 Å². The van der Waals surface area contributed by atoms with Gasteiger partial charge in [0.2, 0.25) is 5.88 Å². The van der Waals surface area contributed by atoms with Crippen LogP contribution in [-0.2, 0) is 17.5 Å². The Kier molecular flexibility index (Phi) is 7.18. The number of aromatic nitrogens is 2. The molecular weight excluding hydrogens is 463 g/mol. The molecule has 0 amide bonds. The normalized spacial score (nSPS) is 14.6. The van der Waals surface area contributed by atoms with Gasteiger partial charge in [-0.25, -0.2) is 4.98 Å². The number of nitrogens with one attached hydrogen (secondary N) is 2. The largest absolute Gasteiger partial charge is 0.598 e. The minimum atomic E-state index is -4.45. The second kappa shape index (κ2) is 8.85.